The first kappa shape index (κ1) is 16.4. The fourth-order valence-corrected chi connectivity index (χ4v) is 3.54. The first-order valence-corrected chi connectivity index (χ1v) is 8.32. The molecule has 0 spiro atoms. The van der Waals surface area contributed by atoms with E-state index in [2.05, 4.69) is 4.98 Å². The van der Waals surface area contributed by atoms with E-state index < -0.39 is 5.60 Å². The molecule has 118 valence electrons. The summed E-state index contributed by atoms with van der Waals surface area (Å²) in [7, 11) is 3.94. The normalized spacial score (nSPS) is 23.4. The number of aliphatic hydroxyl groups is 1. The van der Waals surface area contributed by atoms with E-state index in [0.717, 1.165) is 30.1 Å². The summed E-state index contributed by atoms with van der Waals surface area (Å²) in [5.41, 5.74) is 0.186. The minimum Gasteiger partial charge on any atom is -0.388 e. The number of nitrogens with zero attached hydrogens (tertiary/aromatic N) is 3. The number of likely N-dealkylation sites (tertiary alicyclic amines) is 1. The SMILES string of the molecule is Cc1nc(CC(=O)N2CCC[C@](O)(CN(C)C)CC2)cs1. The number of aromatic nitrogens is 1. The fraction of sp³-hybridized carbons (Fsp3) is 0.733. The molecule has 2 heterocycles. The van der Waals surface area contributed by atoms with Gasteiger partial charge in [-0.15, -0.1) is 11.3 Å². The van der Waals surface area contributed by atoms with Crippen LogP contribution in [0.2, 0.25) is 0 Å². The van der Waals surface area contributed by atoms with Crippen molar-refractivity contribution >= 4 is 17.2 Å². The number of carbonyl (C=O) groups excluding carboxylic acids is 1. The number of hydrogen-bond donors (Lipinski definition) is 1. The van der Waals surface area contributed by atoms with Gasteiger partial charge in [0.1, 0.15) is 0 Å². The molecule has 0 aliphatic carbocycles. The molecule has 0 bridgehead atoms. The third kappa shape index (κ3) is 4.76. The molecule has 1 N–H and O–H groups in total. The van der Waals surface area contributed by atoms with Crippen LogP contribution < -0.4 is 0 Å². The maximum atomic E-state index is 12.4. The highest BCUT2D eigenvalue weighted by Crippen LogP contribution is 2.23. The monoisotopic (exact) mass is 311 g/mol. The van der Waals surface area contributed by atoms with Crippen LogP contribution in [0, 0.1) is 6.92 Å². The van der Waals surface area contributed by atoms with Crippen molar-refractivity contribution < 1.29 is 9.90 Å². The van der Waals surface area contributed by atoms with E-state index in [9.17, 15) is 9.90 Å². The van der Waals surface area contributed by atoms with Gasteiger partial charge >= 0.3 is 0 Å². The molecule has 21 heavy (non-hydrogen) atoms. The van der Waals surface area contributed by atoms with Crippen molar-refractivity contribution in [2.75, 3.05) is 33.7 Å². The predicted octanol–water partition coefficient (Wildman–Crippen LogP) is 1.30. The largest absolute Gasteiger partial charge is 0.388 e. The minimum atomic E-state index is -0.671. The molecule has 0 saturated carbocycles. The lowest BCUT2D eigenvalue weighted by molar-refractivity contribution is -0.130. The molecule has 1 aromatic heterocycles. The van der Waals surface area contributed by atoms with Gasteiger partial charge in [-0.25, -0.2) is 4.98 Å². The lowest BCUT2D eigenvalue weighted by Crippen LogP contribution is -2.41. The standard InChI is InChI=1S/C15H25N3O2S/c1-12-16-13(10-21-12)9-14(19)18-7-4-5-15(20,6-8-18)11-17(2)3/h10,20H,4-9,11H2,1-3H3/t15-/m1/s1. The Morgan fingerprint density at radius 1 is 1.48 bits per heavy atom. The topological polar surface area (TPSA) is 56.7 Å². The van der Waals surface area contributed by atoms with Gasteiger partial charge in [0.05, 0.1) is 22.7 Å². The summed E-state index contributed by atoms with van der Waals surface area (Å²) in [6.07, 6.45) is 2.63. The molecule has 1 atom stereocenters. The molecule has 1 saturated heterocycles. The molecule has 5 nitrogen and oxygen atoms in total. The smallest absolute Gasteiger partial charge is 0.228 e. The van der Waals surface area contributed by atoms with E-state index >= 15 is 0 Å². The van der Waals surface area contributed by atoms with Crippen molar-refractivity contribution in [3.05, 3.63) is 16.1 Å². The zero-order valence-corrected chi connectivity index (χ0v) is 13.9. The van der Waals surface area contributed by atoms with Crippen LogP contribution in [0.4, 0.5) is 0 Å². The second-order valence-electron chi connectivity index (χ2n) is 6.23. The maximum absolute atomic E-state index is 12.4. The number of thiazole rings is 1. The molecule has 0 unspecified atom stereocenters. The highest BCUT2D eigenvalue weighted by Gasteiger charge is 2.31. The summed E-state index contributed by atoms with van der Waals surface area (Å²) in [5.74, 6) is 0.120. The van der Waals surface area contributed by atoms with Crippen molar-refractivity contribution in [2.45, 2.75) is 38.2 Å². The average Bonchev–Trinajstić information content (AvgIpc) is 2.67. The summed E-state index contributed by atoms with van der Waals surface area (Å²) in [5, 5.41) is 13.6. The van der Waals surface area contributed by atoms with Gasteiger partial charge in [0.25, 0.3) is 0 Å². The maximum Gasteiger partial charge on any atom is 0.228 e. The molecule has 6 heteroatoms. The molecular weight excluding hydrogens is 286 g/mol. The van der Waals surface area contributed by atoms with Gasteiger partial charge in [0.15, 0.2) is 0 Å². The van der Waals surface area contributed by atoms with Crippen LogP contribution in [-0.2, 0) is 11.2 Å². The Hall–Kier alpha value is -0.980. The Morgan fingerprint density at radius 3 is 2.86 bits per heavy atom. The van der Waals surface area contributed by atoms with E-state index in [1.54, 1.807) is 11.3 Å². The molecule has 0 radical (unpaired) electrons. The van der Waals surface area contributed by atoms with E-state index in [0.29, 0.717) is 25.9 Å². The van der Waals surface area contributed by atoms with Gasteiger partial charge in [0, 0.05) is 25.0 Å². The van der Waals surface area contributed by atoms with Crippen LogP contribution in [0.25, 0.3) is 0 Å². The summed E-state index contributed by atoms with van der Waals surface area (Å²) in [6.45, 7) is 3.97. The van der Waals surface area contributed by atoms with Gasteiger partial charge in [-0.1, -0.05) is 0 Å². The molecule has 1 amide bonds. The molecule has 2 rings (SSSR count). The second kappa shape index (κ2) is 6.85. The van der Waals surface area contributed by atoms with E-state index in [4.69, 9.17) is 0 Å². The number of hydrogen-bond acceptors (Lipinski definition) is 5. The zero-order chi connectivity index (χ0) is 15.5. The highest BCUT2D eigenvalue weighted by atomic mass is 32.1. The highest BCUT2D eigenvalue weighted by molar-refractivity contribution is 7.09. The minimum absolute atomic E-state index is 0.120. The second-order valence-corrected chi connectivity index (χ2v) is 7.29. The number of aryl methyl sites for hydroxylation is 1. The van der Waals surface area contributed by atoms with Crippen LogP contribution in [0.15, 0.2) is 5.38 Å². The molecule has 0 aromatic carbocycles. The Kier molecular flexibility index (Phi) is 5.35. The number of carbonyl (C=O) groups is 1. The first-order valence-electron chi connectivity index (χ1n) is 7.44. The number of likely N-dealkylation sites (N-methyl/N-ethyl adjacent to an activating group) is 1. The lowest BCUT2D eigenvalue weighted by Gasteiger charge is -2.29. The van der Waals surface area contributed by atoms with E-state index in [1.807, 2.05) is 36.2 Å². The van der Waals surface area contributed by atoms with Crippen molar-refractivity contribution in [2.24, 2.45) is 0 Å². The quantitative estimate of drug-likeness (QED) is 0.910. The van der Waals surface area contributed by atoms with Crippen LogP contribution in [0.1, 0.15) is 30.0 Å². The van der Waals surface area contributed by atoms with Crippen LogP contribution in [-0.4, -0.2) is 65.1 Å². The van der Waals surface area contributed by atoms with Gasteiger partial charge < -0.3 is 14.9 Å². The molecule has 1 aromatic rings. The Bertz CT molecular complexity index is 489. The summed E-state index contributed by atoms with van der Waals surface area (Å²) < 4.78 is 0. The average molecular weight is 311 g/mol. The third-order valence-electron chi connectivity index (χ3n) is 3.88. The van der Waals surface area contributed by atoms with Crippen LogP contribution in [0.3, 0.4) is 0 Å². The summed E-state index contributed by atoms with van der Waals surface area (Å²) >= 11 is 1.58. The number of amides is 1. The summed E-state index contributed by atoms with van der Waals surface area (Å²) in [6, 6.07) is 0. The van der Waals surface area contributed by atoms with Gasteiger partial charge in [0.2, 0.25) is 5.91 Å². The van der Waals surface area contributed by atoms with Crippen molar-refractivity contribution in [3.63, 3.8) is 0 Å². The number of rotatable bonds is 4. The fourth-order valence-electron chi connectivity index (χ4n) is 2.93. The van der Waals surface area contributed by atoms with Crippen LogP contribution in [0.5, 0.6) is 0 Å². The summed E-state index contributed by atoms with van der Waals surface area (Å²) in [4.78, 5) is 20.6. The van der Waals surface area contributed by atoms with Gasteiger partial charge in [-0.05, 0) is 40.3 Å². The van der Waals surface area contributed by atoms with Gasteiger partial charge in [-0.2, -0.15) is 0 Å². The predicted molar refractivity (Wildman–Crippen MR) is 84.5 cm³/mol. The third-order valence-corrected chi connectivity index (χ3v) is 4.70. The van der Waals surface area contributed by atoms with Crippen LogP contribution >= 0.6 is 11.3 Å². The molecule has 1 fully saturated rings. The lowest BCUT2D eigenvalue weighted by atomic mass is 9.94. The van der Waals surface area contributed by atoms with E-state index in [-0.39, 0.29) is 5.91 Å². The van der Waals surface area contributed by atoms with E-state index in [1.165, 1.54) is 0 Å². The Balaban J connectivity index is 1.91. The van der Waals surface area contributed by atoms with Crippen molar-refractivity contribution in [1.82, 2.24) is 14.8 Å². The molecular formula is C15H25N3O2S. The van der Waals surface area contributed by atoms with Crippen molar-refractivity contribution in [3.8, 4) is 0 Å². The molecule has 1 aliphatic heterocycles. The van der Waals surface area contributed by atoms with Crippen molar-refractivity contribution in [1.29, 1.82) is 0 Å². The Morgan fingerprint density at radius 2 is 2.24 bits per heavy atom. The first-order chi connectivity index (χ1) is 9.88. The Labute approximate surface area is 130 Å². The zero-order valence-electron chi connectivity index (χ0n) is 13.1. The molecule has 1 aliphatic rings. The van der Waals surface area contributed by atoms with Gasteiger partial charge in [-0.3, -0.25) is 4.79 Å².